The van der Waals surface area contributed by atoms with E-state index < -0.39 is 0 Å². The van der Waals surface area contributed by atoms with Crippen LogP contribution in [0.1, 0.15) is 28.1 Å². The smallest absolute Gasteiger partial charge is 0.100 e. The molecule has 5 aromatic heterocycles. The Bertz CT molecular complexity index is 7010. The van der Waals surface area contributed by atoms with Crippen LogP contribution in [0.3, 0.4) is 0 Å². The number of rotatable bonds is 11. The molecule has 0 aliphatic heterocycles. The Morgan fingerprint density at radius 1 is 0.217 bits per heavy atom. The van der Waals surface area contributed by atoms with Crippen molar-refractivity contribution >= 4 is 87.2 Å². The van der Waals surface area contributed by atoms with Crippen LogP contribution in [0.5, 0.6) is 0 Å². The van der Waals surface area contributed by atoms with E-state index in [4.69, 9.17) is 4.98 Å². The summed E-state index contributed by atoms with van der Waals surface area (Å²) in [4.78, 5) is 5.04. The van der Waals surface area contributed by atoms with Gasteiger partial charge in [0.25, 0.3) is 0 Å². The van der Waals surface area contributed by atoms with Crippen LogP contribution in [-0.2, 0) is 0 Å². The van der Waals surface area contributed by atoms with E-state index in [1.54, 1.807) is 0 Å². The predicted octanol–water partition coefficient (Wildman–Crippen LogP) is 26.2. The minimum absolute atomic E-state index is 0.559. The van der Waals surface area contributed by atoms with Crippen LogP contribution in [0.15, 0.2) is 340 Å². The number of hydrogen-bond donors (Lipinski definition) is 0. The molecule has 498 valence electrons. The molecule has 0 unspecified atom stereocenters. The van der Waals surface area contributed by atoms with Gasteiger partial charge >= 0.3 is 0 Å². The van der Waals surface area contributed by atoms with E-state index in [1.165, 1.54) is 65.3 Å². The van der Waals surface area contributed by atoms with E-state index in [0.29, 0.717) is 5.56 Å². The molecule has 20 aromatic rings. The number of nitrogens with zero attached hydrogens (tertiary/aromatic N) is 6. The minimum atomic E-state index is 0.559. The second-order valence-corrected chi connectivity index (χ2v) is 28.3. The number of nitriles is 1. The number of para-hydroxylation sites is 4. The van der Waals surface area contributed by atoms with Crippen molar-refractivity contribution in [2.45, 2.75) is 27.7 Å². The maximum Gasteiger partial charge on any atom is 0.100 e. The van der Waals surface area contributed by atoms with Crippen molar-refractivity contribution in [2.75, 3.05) is 0 Å². The van der Waals surface area contributed by atoms with E-state index in [1.807, 2.05) is 0 Å². The summed E-state index contributed by atoms with van der Waals surface area (Å²) in [5, 5.41) is 22.3. The van der Waals surface area contributed by atoms with Crippen molar-refractivity contribution in [3.63, 3.8) is 0 Å². The van der Waals surface area contributed by atoms with Crippen molar-refractivity contribution in [3.8, 4) is 107 Å². The van der Waals surface area contributed by atoms with Crippen molar-refractivity contribution in [1.82, 2.24) is 23.3 Å². The van der Waals surface area contributed by atoms with Gasteiger partial charge < -0.3 is 18.3 Å². The lowest BCUT2D eigenvalue weighted by atomic mass is 9.75. The molecular weight excluding hydrogens is 1290 g/mol. The molecule has 0 fully saturated rings. The molecule has 0 bridgehead atoms. The fourth-order valence-electron chi connectivity index (χ4n) is 17.3. The van der Waals surface area contributed by atoms with E-state index in [9.17, 15) is 5.26 Å². The van der Waals surface area contributed by atoms with Crippen LogP contribution in [0.25, 0.3) is 188 Å². The van der Waals surface area contributed by atoms with Crippen molar-refractivity contribution in [3.05, 3.63) is 368 Å². The average Bonchev–Trinajstić information content (AvgIpc) is 0.963. The molecular formula is C100H68N6. The topological polar surface area (TPSA) is 56.4 Å². The summed E-state index contributed by atoms with van der Waals surface area (Å²) in [6, 6.07) is 127. The van der Waals surface area contributed by atoms with Gasteiger partial charge in [0.15, 0.2) is 0 Å². The number of fused-ring (bicyclic) bond motifs is 12. The predicted molar refractivity (Wildman–Crippen MR) is 443 cm³/mol. The number of aromatic nitrogens is 5. The first-order chi connectivity index (χ1) is 52.2. The third-order valence-electron chi connectivity index (χ3n) is 21.8. The zero-order valence-corrected chi connectivity index (χ0v) is 59.0. The lowest BCUT2D eigenvalue weighted by molar-refractivity contribution is 1.12. The lowest BCUT2D eigenvalue weighted by Gasteiger charge is -2.27. The van der Waals surface area contributed by atoms with Crippen LogP contribution in [0, 0.1) is 39.0 Å². The van der Waals surface area contributed by atoms with Crippen LogP contribution in [0.2, 0.25) is 0 Å². The highest BCUT2D eigenvalue weighted by Crippen LogP contribution is 2.54. The van der Waals surface area contributed by atoms with Gasteiger partial charge in [-0.3, -0.25) is 4.98 Å². The number of benzene rings is 15. The zero-order chi connectivity index (χ0) is 70.8. The maximum absolute atomic E-state index is 12.8. The fourth-order valence-corrected chi connectivity index (χ4v) is 17.3. The molecule has 6 heteroatoms. The third-order valence-corrected chi connectivity index (χ3v) is 21.8. The molecule has 0 aliphatic carbocycles. The summed E-state index contributed by atoms with van der Waals surface area (Å²) in [5.41, 5.74) is 31.6. The van der Waals surface area contributed by atoms with Gasteiger partial charge in [-0.25, -0.2) is 0 Å². The molecule has 0 saturated carbocycles. The van der Waals surface area contributed by atoms with Crippen LogP contribution in [-0.4, -0.2) is 23.3 Å². The molecule has 106 heavy (non-hydrogen) atoms. The average molecular weight is 1350 g/mol. The summed E-state index contributed by atoms with van der Waals surface area (Å²) in [6.45, 7) is 8.46. The molecule has 15 aromatic carbocycles. The summed E-state index contributed by atoms with van der Waals surface area (Å²) in [5.74, 6) is 0. The fraction of sp³-hybridized carbons (Fsp3) is 0.0400. The van der Waals surface area contributed by atoms with Gasteiger partial charge in [0.2, 0.25) is 0 Å². The van der Waals surface area contributed by atoms with Crippen molar-refractivity contribution < 1.29 is 0 Å². The molecule has 20 rings (SSSR count). The van der Waals surface area contributed by atoms with Crippen LogP contribution in [0.4, 0.5) is 0 Å². The molecule has 5 heterocycles. The van der Waals surface area contributed by atoms with Crippen LogP contribution < -0.4 is 0 Å². The van der Waals surface area contributed by atoms with Crippen molar-refractivity contribution in [1.29, 1.82) is 5.26 Å². The summed E-state index contributed by atoms with van der Waals surface area (Å²) in [6.07, 6.45) is 0. The van der Waals surface area contributed by atoms with Gasteiger partial charge in [0, 0.05) is 88.4 Å². The Morgan fingerprint density at radius 3 is 0.943 bits per heavy atom. The first kappa shape index (κ1) is 62.0. The highest BCUT2D eigenvalue weighted by atomic mass is 15.0. The van der Waals surface area contributed by atoms with Gasteiger partial charge in [-0.05, 0) is 228 Å². The van der Waals surface area contributed by atoms with Crippen molar-refractivity contribution in [2.24, 2.45) is 0 Å². The zero-order valence-electron chi connectivity index (χ0n) is 59.0. The van der Waals surface area contributed by atoms with Gasteiger partial charge in [-0.2, -0.15) is 5.26 Å². The molecule has 0 N–H and O–H groups in total. The molecule has 0 atom stereocenters. The summed E-state index contributed by atoms with van der Waals surface area (Å²) >= 11 is 0. The molecule has 6 nitrogen and oxygen atoms in total. The highest BCUT2D eigenvalue weighted by molar-refractivity contribution is 6.16. The normalized spacial score (nSPS) is 11.8. The monoisotopic (exact) mass is 1350 g/mol. The molecule has 0 amide bonds. The SMILES string of the molecule is Cc1ccc2c(c1)c1ccccc1n2-c1ccc(-c2c(C#N)c(-c3cc(C)nc(C)c3)c(-c3ccc(-n4c5ccccc5c5cc(C)ccc54)cc3)c(-c3cccc(-n4c5ccccc5c5cc(-c6ccccc6)ccc54)c3)c2-c2cccc(-n3c4ccccc4c4cc(-c5ccccc5)ccc43)c2)cc1. The van der Waals surface area contributed by atoms with E-state index in [2.05, 4.69) is 392 Å². The lowest BCUT2D eigenvalue weighted by Crippen LogP contribution is -2.04. The molecule has 0 spiro atoms. The Balaban J connectivity index is 0.913. The Kier molecular flexibility index (Phi) is 14.4. The molecule has 0 aliphatic rings. The number of aryl methyl sites for hydroxylation is 4. The summed E-state index contributed by atoms with van der Waals surface area (Å²) in [7, 11) is 0. The highest BCUT2D eigenvalue weighted by Gasteiger charge is 2.31. The van der Waals surface area contributed by atoms with Gasteiger partial charge in [-0.1, -0.05) is 217 Å². The number of pyridine rings is 1. The Labute approximate surface area is 614 Å². The van der Waals surface area contributed by atoms with Gasteiger partial charge in [0.1, 0.15) is 6.07 Å². The van der Waals surface area contributed by atoms with E-state index >= 15 is 0 Å². The second-order valence-electron chi connectivity index (χ2n) is 28.3. The standard InChI is InChI=1S/C100H68N6/c1-62-37-49-92-83(53-62)79-29-11-15-33-88(79)103(92)75-45-39-68(40-46-75)96-87(61-101)97(74-55-64(3)102-65(4)56-74)98(69-41-47-76(48-42-69)104-89-34-16-12-30-80(89)84-54-63(2)38-50-93(84)104)100(73-26-20-28-78(58-73)106-91-36-18-14-32-82(91)86-60-71(44-52-95(86)106)67-23-9-6-10-24-67)99(96)72-25-19-27-77(57-72)105-90-35-17-13-31-81(90)85-59-70(43-51-94(85)105)66-21-7-5-8-22-66/h5-60H,1-4H3. The van der Waals surface area contributed by atoms with E-state index in [-0.39, 0.29) is 0 Å². The van der Waals surface area contributed by atoms with E-state index in [0.717, 1.165) is 145 Å². The Hall–Kier alpha value is -13.9. The first-order valence-corrected chi connectivity index (χ1v) is 36.4. The molecule has 0 saturated heterocycles. The van der Waals surface area contributed by atoms with Gasteiger partial charge in [0.05, 0.1) is 49.7 Å². The minimum Gasteiger partial charge on any atom is -0.309 e. The largest absolute Gasteiger partial charge is 0.309 e. The molecule has 0 radical (unpaired) electrons. The Morgan fingerprint density at radius 2 is 0.528 bits per heavy atom. The first-order valence-electron chi connectivity index (χ1n) is 36.4. The van der Waals surface area contributed by atoms with Gasteiger partial charge in [-0.15, -0.1) is 0 Å². The van der Waals surface area contributed by atoms with Crippen LogP contribution >= 0.6 is 0 Å². The second kappa shape index (κ2) is 24.7. The maximum atomic E-state index is 12.8. The summed E-state index contributed by atoms with van der Waals surface area (Å²) < 4.78 is 9.64. The quantitative estimate of drug-likeness (QED) is 0.130. The number of hydrogen-bond acceptors (Lipinski definition) is 2. The third kappa shape index (κ3) is 9.96.